The van der Waals surface area contributed by atoms with Crippen LogP contribution in [0.1, 0.15) is 5.56 Å². The van der Waals surface area contributed by atoms with Crippen molar-refractivity contribution < 1.29 is 19.5 Å². The molecule has 0 saturated heterocycles. The first-order valence-electron chi connectivity index (χ1n) is 2.41. The molecule has 1 aromatic carbocycles. The van der Waals surface area contributed by atoms with E-state index in [-0.39, 0.29) is 26.9 Å². The molecule has 0 radical (unpaired) electrons. The molecule has 0 heterocycles. The maximum absolute atomic E-state index is 2.08. The first-order chi connectivity index (χ1) is 3.39. The first kappa shape index (κ1) is 11.6. The van der Waals surface area contributed by atoms with E-state index in [0.29, 0.717) is 0 Å². The summed E-state index contributed by atoms with van der Waals surface area (Å²) in [7, 11) is 0. The fourth-order valence-corrected chi connectivity index (χ4v) is 0.534. The first-order valence-corrected chi connectivity index (χ1v) is 2.41. The van der Waals surface area contributed by atoms with E-state index in [2.05, 4.69) is 19.1 Å². The van der Waals surface area contributed by atoms with Gasteiger partial charge < -0.3 is 7.43 Å². The Hall–Kier alpha value is -0.157. The van der Waals surface area contributed by atoms with Crippen molar-refractivity contribution in [2.75, 3.05) is 0 Å². The van der Waals surface area contributed by atoms with Crippen molar-refractivity contribution in [3.63, 3.8) is 0 Å². The predicted molar refractivity (Wildman–Crippen MR) is 37.6 cm³/mol. The standard InChI is InChI=1S/C7H8.CH3.Zn/c1-7-5-3-2-4-6-7;;/h2-6H,1H3;1H3;/q;-1;. The Bertz CT molecular complexity index is 134. The maximum atomic E-state index is 2.08. The Labute approximate surface area is 70.1 Å². The Balaban J connectivity index is 0. The van der Waals surface area contributed by atoms with E-state index in [1.54, 1.807) is 0 Å². The van der Waals surface area contributed by atoms with E-state index in [9.17, 15) is 0 Å². The van der Waals surface area contributed by atoms with Crippen LogP contribution in [0.5, 0.6) is 0 Å². The van der Waals surface area contributed by atoms with Crippen molar-refractivity contribution in [2.45, 2.75) is 6.92 Å². The Kier molecular flexibility index (Phi) is 7.71. The molecule has 1 heteroatoms. The summed E-state index contributed by atoms with van der Waals surface area (Å²) < 4.78 is 0. The van der Waals surface area contributed by atoms with Crippen LogP contribution in [0.4, 0.5) is 0 Å². The molecule has 1 rings (SSSR count). The molecule has 1 aromatic rings. The third kappa shape index (κ3) is 4.35. The summed E-state index contributed by atoms with van der Waals surface area (Å²) in [6, 6.07) is 10.3. The summed E-state index contributed by atoms with van der Waals surface area (Å²) in [6.07, 6.45) is 0. The summed E-state index contributed by atoms with van der Waals surface area (Å²) >= 11 is 0. The summed E-state index contributed by atoms with van der Waals surface area (Å²) in [5.41, 5.74) is 1.32. The molecule has 0 fully saturated rings. The van der Waals surface area contributed by atoms with Crippen molar-refractivity contribution in [1.82, 2.24) is 0 Å². The molecule has 0 aliphatic carbocycles. The zero-order valence-electron chi connectivity index (χ0n) is 6.09. The van der Waals surface area contributed by atoms with Gasteiger partial charge in [-0.3, -0.25) is 0 Å². The van der Waals surface area contributed by atoms with Crippen molar-refractivity contribution in [3.8, 4) is 0 Å². The monoisotopic (exact) mass is 171 g/mol. The fraction of sp³-hybridized carbons (Fsp3) is 0.125. The zero-order chi connectivity index (χ0) is 5.11. The number of benzene rings is 1. The van der Waals surface area contributed by atoms with Crippen molar-refractivity contribution in [3.05, 3.63) is 43.3 Å². The number of hydrogen-bond donors (Lipinski definition) is 0. The molecule has 46 valence electrons. The summed E-state index contributed by atoms with van der Waals surface area (Å²) in [4.78, 5) is 0. The van der Waals surface area contributed by atoms with Crippen LogP contribution in [-0.4, -0.2) is 0 Å². The third-order valence-corrected chi connectivity index (χ3v) is 0.940. The van der Waals surface area contributed by atoms with Crippen LogP contribution < -0.4 is 0 Å². The number of aryl methyl sites for hydroxylation is 1. The minimum atomic E-state index is 0. The van der Waals surface area contributed by atoms with E-state index in [0.717, 1.165) is 0 Å². The van der Waals surface area contributed by atoms with Crippen LogP contribution >= 0.6 is 0 Å². The quantitative estimate of drug-likeness (QED) is 0.417. The summed E-state index contributed by atoms with van der Waals surface area (Å²) in [5.74, 6) is 0. The molecule has 0 aromatic heterocycles. The van der Waals surface area contributed by atoms with Gasteiger partial charge in [0, 0.05) is 19.5 Å². The van der Waals surface area contributed by atoms with Gasteiger partial charge in [-0.05, 0) is 6.92 Å². The van der Waals surface area contributed by atoms with Gasteiger partial charge in [0.25, 0.3) is 0 Å². The van der Waals surface area contributed by atoms with Gasteiger partial charge in [0.05, 0.1) is 0 Å². The van der Waals surface area contributed by atoms with Gasteiger partial charge in [-0.15, -0.1) is 0 Å². The largest absolute Gasteiger partial charge is 0.358 e. The Morgan fingerprint density at radius 3 is 1.67 bits per heavy atom. The number of hydrogen-bond acceptors (Lipinski definition) is 0. The van der Waals surface area contributed by atoms with E-state index in [1.807, 2.05) is 18.2 Å². The van der Waals surface area contributed by atoms with Gasteiger partial charge in [0.1, 0.15) is 0 Å². The third-order valence-electron chi connectivity index (χ3n) is 0.940. The van der Waals surface area contributed by atoms with Gasteiger partial charge in [0.15, 0.2) is 0 Å². The molecular formula is C8H11Zn-. The fourth-order valence-electron chi connectivity index (χ4n) is 0.534. The second kappa shape index (κ2) is 5.97. The smallest absolute Gasteiger partial charge is 0 e. The molecule has 0 N–H and O–H groups in total. The molecule has 0 aliphatic heterocycles. The average molecular weight is 173 g/mol. The Morgan fingerprint density at radius 1 is 1.00 bits per heavy atom. The van der Waals surface area contributed by atoms with Crippen LogP contribution in [0.2, 0.25) is 0 Å². The van der Waals surface area contributed by atoms with E-state index in [1.165, 1.54) is 5.56 Å². The van der Waals surface area contributed by atoms with Gasteiger partial charge in [-0.1, -0.05) is 35.9 Å². The van der Waals surface area contributed by atoms with Gasteiger partial charge in [-0.2, -0.15) is 0 Å². The van der Waals surface area contributed by atoms with Crippen LogP contribution in [0.25, 0.3) is 0 Å². The molecule has 0 nitrogen and oxygen atoms in total. The molecule has 9 heavy (non-hydrogen) atoms. The van der Waals surface area contributed by atoms with Crippen molar-refractivity contribution in [1.29, 1.82) is 0 Å². The molecule has 0 saturated carbocycles. The zero-order valence-corrected chi connectivity index (χ0v) is 9.06. The van der Waals surface area contributed by atoms with Crippen molar-refractivity contribution >= 4 is 0 Å². The molecule has 0 atom stereocenters. The van der Waals surface area contributed by atoms with E-state index < -0.39 is 0 Å². The van der Waals surface area contributed by atoms with Gasteiger partial charge in [0.2, 0.25) is 0 Å². The second-order valence-corrected chi connectivity index (χ2v) is 1.65. The predicted octanol–water partition coefficient (Wildman–Crippen LogP) is 2.44. The Morgan fingerprint density at radius 2 is 1.44 bits per heavy atom. The minimum absolute atomic E-state index is 0. The topological polar surface area (TPSA) is 0 Å². The molecule has 0 aliphatic rings. The summed E-state index contributed by atoms with van der Waals surface area (Å²) in [5, 5.41) is 0. The van der Waals surface area contributed by atoms with Crippen LogP contribution in [0, 0.1) is 14.4 Å². The van der Waals surface area contributed by atoms with E-state index >= 15 is 0 Å². The normalized spacial score (nSPS) is 6.78. The second-order valence-electron chi connectivity index (χ2n) is 1.65. The minimum Gasteiger partial charge on any atom is -0.358 e. The maximum Gasteiger partial charge on any atom is 0 e. The molecule has 0 spiro atoms. The van der Waals surface area contributed by atoms with Gasteiger partial charge in [-0.25, -0.2) is 0 Å². The van der Waals surface area contributed by atoms with Crippen LogP contribution in [-0.2, 0) is 19.5 Å². The number of rotatable bonds is 0. The van der Waals surface area contributed by atoms with Crippen LogP contribution in [0.15, 0.2) is 30.3 Å². The van der Waals surface area contributed by atoms with Crippen LogP contribution in [0.3, 0.4) is 0 Å². The molecule has 0 bridgehead atoms. The summed E-state index contributed by atoms with van der Waals surface area (Å²) in [6.45, 7) is 2.08. The SMILES string of the molecule is Cc1ccccc1.[CH3-].[Zn]. The van der Waals surface area contributed by atoms with E-state index in [4.69, 9.17) is 0 Å². The molecule has 0 amide bonds. The molecular weight excluding hydrogens is 161 g/mol. The molecule has 0 unspecified atom stereocenters. The average Bonchev–Trinajstić information content (AvgIpc) is 1.69. The van der Waals surface area contributed by atoms with Crippen molar-refractivity contribution in [2.24, 2.45) is 0 Å². The van der Waals surface area contributed by atoms with Gasteiger partial charge >= 0.3 is 0 Å².